The molecule has 1 aliphatic heterocycles. The summed E-state index contributed by atoms with van der Waals surface area (Å²) in [7, 11) is 0. The van der Waals surface area contributed by atoms with Crippen molar-refractivity contribution in [2.24, 2.45) is 0 Å². The highest BCUT2D eigenvalue weighted by atomic mass is 35.5. The lowest BCUT2D eigenvalue weighted by Gasteiger charge is -2.36. The third-order valence-corrected chi connectivity index (χ3v) is 4.28. The van der Waals surface area contributed by atoms with E-state index in [1.807, 2.05) is 36.1 Å². The molecular formula is C16H18ClN3O2. The number of carbonyl (C=O) groups is 1. The average molecular weight is 320 g/mol. The maximum absolute atomic E-state index is 12.9. The Bertz CT molecular complexity index is 671. The highest BCUT2D eigenvalue weighted by molar-refractivity contribution is 6.31. The molecule has 3 rings (SSSR count). The van der Waals surface area contributed by atoms with Crippen LogP contribution >= 0.6 is 11.6 Å². The van der Waals surface area contributed by atoms with Crippen molar-refractivity contribution in [3.05, 3.63) is 52.7 Å². The van der Waals surface area contributed by atoms with E-state index in [0.717, 1.165) is 12.1 Å². The molecule has 1 saturated heterocycles. The smallest absolute Gasteiger partial charge is 0.276 e. The number of piperazine rings is 1. The van der Waals surface area contributed by atoms with Gasteiger partial charge in [0.25, 0.3) is 5.91 Å². The number of hydrogen-bond donors (Lipinski definition) is 1. The second kappa shape index (κ2) is 6.50. The van der Waals surface area contributed by atoms with Gasteiger partial charge in [-0.2, -0.15) is 0 Å². The molecule has 1 aromatic carbocycles. The Morgan fingerprint density at radius 1 is 1.50 bits per heavy atom. The summed E-state index contributed by atoms with van der Waals surface area (Å²) < 4.78 is 5.29. The summed E-state index contributed by atoms with van der Waals surface area (Å²) in [5, 5.41) is 3.99. The van der Waals surface area contributed by atoms with Crippen molar-refractivity contribution in [1.29, 1.82) is 0 Å². The van der Waals surface area contributed by atoms with Crippen LogP contribution in [0.15, 0.2) is 35.1 Å². The molecule has 2 heterocycles. The van der Waals surface area contributed by atoms with Gasteiger partial charge in [0, 0.05) is 31.1 Å². The molecule has 0 aliphatic carbocycles. The molecule has 1 unspecified atom stereocenters. The van der Waals surface area contributed by atoms with Gasteiger partial charge in [-0.3, -0.25) is 4.79 Å². The molecule has 6 heteroatoms. The Morgan fingerprint density at radius 3 is 3.09 bits per heavy atom. The third kappa shape index (κ3) is 2.74. The number of carbonyl (C=O) groups excluding carboxylic acids is 1. The SMILES string of the molecule is CCc1ocnc1C(=O)N1CCNCC1c1ccccc1Cl. The van der Waals surface area contributed by atoms with Crippen LogP contribution in [0.4, 0.5) is 0 Å². The average Bonchev–Trinajstić information content (AvgIpc) is 3.03. The molecule has 1 aliphatic rings. The molecule has 22 heavy (non-hydrogen) atoms. The number of halogens is 1. The molecule has 1 amide bonds. The topological polar surface area (TPSA) is 58.4 Å². The number of aryl methyl sites for hydroxylation is 1. The van der Waals surface area contributed by atoms with E-state index in [0.29, 0.717) is 36.0 Å². The molecule has 2 aromatic rings. The summed E-state index contributed by atoms with van der Waals surface area (Å²) in [5.41, 5.74) is 1.35. The first-order valence-electron chi connectivity index (χ1n) is 7.40. The Balaban J connectivity index is 1.93. The summed E-state index contributed by atoms with van der Waals surface area (Å²) >= 11 is 6.31. The maximum Gasteiger partial charge on any atom is 0.276 e. The highest BCUT2D eigenvalue weighted by Gasteiger charge is 2.32. The van der Waals surface area contributed by atoms with Crippen molar-refractivity contribution in [3.63, 3.8) is 0 Å². The molecule has 116 valence electrons. The van der Waals surface area contributed by atoms with Gasteiger partial charge in [0.1, 0.15) is 5.76 Å². The molecule has 0 saturated carbocycles. The lowest BCUT2D eigenvalue weighted by atomic mass is 10.0. The van der Waals surface area contributed by atoms with Gasteiger partial charge in [-0.05, 0) is 11.6 Å². The molecule has 1 atom stereocenters. The number of nitrogens with zero attached hydrogens (tertiary/aromatic N) is 2. The number of aromatic nitrogens is 1. The molecule has 0 spiro atoms. The van der Waals surface area contributed by atoms with Crippen molar-refractivity contribution in [1.82, 2.24) is 15.2 Å². The van der Waals surface area contributed by atoms with Gasteiger partial charge in [0.05, 0.1) is 6.04 Å². The largest absolute Gasteiger partial charge is 0.448 e. The number of benzene rings is 1. The second-order valence-electron chi connectivity index (χ2n) is 5.22. The fourth-order valence-corrected chi connectivity index (χ4v) is 3.06. The number of oxazole rings is 1. The quantitative estimate of drug-likeness (QED) is 0.945. The lowest BCUT2D eigenvalue weighted by Crippen LogP contribution is -2.49. The van der Waals surface area contributed by atoms with Gasteiger partial charge in [-0.25, -0.2) is 4.98 Å². The molecule has 1 aromatic heterocycles. The van der Waals surface area contributed by atoms with Crippen LogP contribution in [0.2, 0.25) is 5.02 Å². The van der Waals surface area contributed by atoms with E-state index in [9.17, 15) is 4.79 Å². The summed E-state index contributed by atoms with van der Waals surface area (Å²) in [6.45, 7) is 3.99. The van der Waals surface area contributed by atoms with Crippen LogP contribution in [0.25, 0.3) is 0 Å². The standard InChI is InChI=1S/C16H18ClN3O2/c1-2-14-15(19-10-22-14)16(21)20-8-7-18-9-13(20)11-5-3-4-6-12(11)17/h3-6,10,13,18H,2,7-9H2,1H3. The van der Waals surface area contributed by atoms with Crippen LogP contribution < -0.4 is 5.32 Å². The van der Waals surface area contributed by atoms with Crippen LogP contribution in [0, 0.1) is 0 Å². The van der Waals surface area contributed by atoms with Crippen molar-refractivity contribution in [3.8, 4) is 0 Å². The third-order valence-electron chi connectivity index (χ3n) is 3.93. The first-order chi connectivity index (χ1) is 10.7. The van der Waals surface area contributed by atoms with Crippen molar-refractivity contribution < 1.29 is 9.21 Å². The van der Waals surface area contributed by atoms with Crippen molar-refractivity contribution in [2.45, 2.75) is 19.4 Å². The first kappa shape index (κ1) is 15.1. The van der Waals surface area contributed by atoms with E-state index < -0.39 is 0 Å². The predicted octanol–water partition coefficient (Wildman–Crippen LogP) is 2.68. The van der Waals surface area contributed by atoms with Crippen LogP contribution in [-0.2, 0) is 6.42 Å². The van der Waals surface area contributed by atoms with Gasteiger partial charge in [0.2, 0.25) is 0 Å². The number of hydrogen-bond acceptors (Lipinski definition) is 4. The van der Waals surface area contributed by atoms with E-state index in [1.165, 1.54) is 6.39 Å². The predicted molar refractivity (Wildman–Crippen MR) is 84.0 cm³/mol. The summed E-state index contributed by atoms with van der Waals surface area (Å²) in [6, 6.07) is 7.54. The molecule has 1 fully saturated rings. The summed E-state index contributed by atoms with van der Waals surface area (Å²) in [4.78, 5) is 18.8. The van der Waals surface area contributed by atoms with Gasteiger partial charge in [0.15, 0.2) is 12.1 Å². The zero-order valence-corrected chi connectivity index (χ0v) is 13.1. The second-order valence-corrected chi connectivity index (χ2v) is 5.62. The Hall–Kier alpha value is -1.85. The summed E-state index contributed by atoms with van der Waals surface area (Å²) in [6.07, 6.45) is 1.97. The van der Waals surface area contributed by atoms with E-state index in [2.05, 4.69) is 10.3 Å². The van der Waals surface area contributed by atoms with Gasteiger partial charge in [-0.15, -0.1) is 0 Å². The number of nitrogens with one attached hydrogen (secondary N) is 1. The van der Waals surface area contributed by atoms with Gasteiger partial charge in [-0.1, -0.05) is 36.7 Å². The monoisotopic (exact) mass is 319 g/mol. The zero-order chi connectivity index (χ0) is 15.5. The lowest BCUT2D eigenvalue weighted by molar-refractivity contribution is 0.0627. The molecule has 0 bridgehead atoms. The number of amides is 1. The maximum atomic E-state index is 12.9. The Kier molecular flexibility index (Phi) is 4.45. The highest BCUT2D eigenvalue weighted by Crippen LogP contribution is 2.29. The fraction of sp³-hybridized carbons (Fsp3) is 0.375. The van der Waals surface area contributed by atoms with Crippen LogP contribution in [0.1, 0.15) is 34.8 Å². The van der Waals surface area contributed by atoms with Crippen LogP contribution in [0.3, 0.4) is 0 Å². The molecule has 1 N–H and O–H groups in total. The molecular weight excluding hydrogens is 302 g/mol. The van der Waals surface area contributed by atoms with E-state index in [4.69, 9.17) is 16.0 Å². The Morgan fingerprint density at radius 2 is 2.32 bits per heavy atom. The zero-order valence-electron chi connectivity index (χ0n) is 12.4. The minimum Gasteiger partial charge on any atom is -0.448 e. The number of rotatable bonds is 3. The van der Waals surface area contributed by atoms with Crippen molar-refractivity contribution in [2.75, 3.05) is 19.6 Å². The normalized spacial score (nSPS) is 18.5. The van der Waals surface area contributed by atoms with E-state index in [-0.39, 0.29) is 11.9 Å². The first-order valence-corrected chi connectivity index (χ1v) is 7.78. The summed E-state index contributed by atoms with van der Waals surface area (Å²) in [5.74, 6) is 0.526. The van der Waals surface area contributed by atoms with Gasteiger partial charge < -0.3 is 14.6 Å². The minimum absolute atomic E-state index is 0.1000. The van der Waals surface area contributed by atoms with Crippen LogP contribution in [-0.4, -0.2) is 35.4 Å². The molecule has 0 radical (unpaired) electrons. The van der Waals surface area contributed by atoms with Crippen LogP contribution in [0.5, 0.6) is 0 Å². The fourth-order valence-electron chi connectivity index (χ4n) is 2.80. The van der Waals surface area contributed by atoms with Gasteiger partial charge >= 0.3 is 0 Å². The van der Waals surface area contributed by atoms with E-state index in [1.54, 1.807) is 0 Å². The minimum atomic E-state index is -0.101. The van der Waals surface area contributed by atoms with E-state index >= 15 is 0 Å². The Labute approximate surface area is 134 Å². The molecule has 5 nitrogen and oxygen atoms in total. The van der Waals surface area contributed by atoms with Crippen molar-refractivity contribution >= 4 is 17.5 Å².